The largest absolute Gasteiger partial charge is 0.485 e. The normalized spacial score (nSPS) is 12.0. The molecule has 1 unspecified atom stereocenters. The summed E-state index contributed by atoms with van der Waals surface area (Å²) >= 11 is 0. The Morgan fingerprint density at radius 3 is 2.66 bits per heavy atom. The highest BCUT2D eigenvalue weighted by Gasteiger charge is 2.14. The zero-order valence-corrected chi connectivity index (χ0v) is 17.8. The first-order valence-electron chi connectivity index (χ1n) is 9.90. The number of ether oxygens (including phenoxy) is 1. The molecule has 6 nitrogen and oxygen atoms in total. The van der Waals surface area contributed by atoms with Crippen LogP contribution in [0.15, 0.2) is 40.8 Å². The van der Waals surface area contributed by atoms with Crippen LogP contribution in [0, 0.1) is 33.6 Å². The molecule has 0 aliphatic heterocycles. The molecule has 1 amide bonds. The fourth-order valence-electron chi connectivity index (χ4n) is 3.26. The van der Waals surface area contributed by atoms with Crippen molar-refractivity contribution in [2.24, 2.45) is 5.92 Å². The van der Waals surface area contributed by atoms with Crippen LogP contribution < -0.4 is 10.1 Å². The maximum absolute atomic E-state index is 12.4. The van der Waals surface area contributed by atoms with Gasteiger partial charge in [-0.05, 0) is 63.4 Å². The summed E-state index contributed by atoms with van der Waals surface area (Å²) in [6, 6.07) is 11.5. The highest BCUT2D eigenvalue weighted by atomic mass is 16.5. The number of furan rings is 1. The van der Waals surface area contributed by atoms with E-state index in [1.54, 1.807) is 12.1 Å². The third-order valence-corrected chi connectivity index (χ3v) is 4.78. The number of nitrogens with zero attached hydrogens (tertiary/aromatic N) is 2. The summed E-state index contributed by atoms with van der Waals surface area (Å²) in [4.78, 5) is 12.4. The molecular formula is C23H29N3O3. The van der Waals surface area contributed by atoms with Crippen LogP contribution in [0.5, 0.6) is 5.75 Å². The fraction of sp³-hybridized carbons (Fsp3) is 0.391. The Morgan fingerprint density at radius 1 is 1.17 bits per heavy atom. The van der Waals surface area contributed by atoms with Crippen molar-refractivity contribution >= 4 is 5.91 Å². The van der Waals surface area contributed by atoms with Crippen molar-refractivity contribution in [3.8, 4) is 5.75 Å². The number of carbonyl (C=O) groups is 1. The van der Waals surface area contributed by atoms with Crippen LogP contribution in [0.3, 0.4) is 0 Å². The van der Waals surface area contributed by atoms with Crippen LogP contribution in [0.4, 0.5) is 0 Å². The molecule has 0 fully saturated rings. The molecule has 0 aliphatic carbocycles. The van der Waals surface area contributed by atoms with Crippen molar-refractivity contribution in [2.75, 3.05) is 6.54 Å². The van der Waals surface area contributed by atoms with E-state index in [1.807, 2.05) is 44.5 Å². The van der Waals surface area contributed by atoms with Gasteiger partial charge >= 0.3 is 0 Å². The van der Waals surface area contributed by atoms with Crippen molar-refractivity contribution in [3.05, 3.63) is 70.4 Å². The number of hydrogen-bond donors (Lipinski definition) is 1. The Labute approximate surface area is 171 Å². The standard InChI is InChI=1S/C23H29N3O3/c1-15-6-8-21(17(3)10-15)28-14-20-7-9-22(29-20)23(27)24-12-16(2)13-26-19(5)11-18(4)25-26/h6-11,16H,12-14H2,1-5H3,(H,24,27). The quantitative estimate of drug-likeness (QED) is 0.615. The first-order chi connectivity index (χ1) is 13.8. The number of hydrogen-bond acceptors (Lipinski definition) is 4. The second kappa shape index (κ2) is 8.99. The van der Waals surface area contributed by atoms with E-state index >= 15 is 0 Å². The lowest BCUT2D eigenvalue weighted by Gasteiger charge is -2.13. The van der Waals surface area contributed by atoms with Gasteiger partial charge in [-0.15, -0.1) is 0 Å². The van der Waals surface area contributed by atoms with Gasteiger partial charge in [0, 0.05) is 18.8 Å². The number of nitrogens with one attached hydrogen (secondary N) is 1. The van der Waals surface area contributed by atoms with Gasteiger partial charge in [0.15, 0.2) is 5.76 Å². The predicted octanol–water partition coefficient (Wildman–Crippen LogP) is 4.35. The summed E-state index contributed by atoms with van der Waals surface area (Å²) in [5.41, 5.74) is 4.40. The van der Waals surface area contributed by atoms with Crippen LogP contribution in [-0.2, 0) is 13.2 Å². The van der Waals surface area contributed by atoms with Gasteiger partial charge in [-0.2, -0.15) is 5.10 Å². The topological polar surface area (TPSA) is 69.3 Å². The Bertz CT molecular complexity index is 987. The van der Waals surface area contributed by atoms with Crippen LogP contribution in [0.25, 0.3) is 0 Å². The van der Waals surface area contributed by atoms with E-state index in [9.17, 15) is 4.79 Å². The molecule has 0 saturated heterocycles. The lowest BCUT2D eigenvalue weighted by molar-refractivity contribution is 0.0914. The summed E-state index contributed by atoms with van der Waals surface area (Å²) in [7, 11) is 0. The van der Waals surface area contributed by atoms with E-state index < -0.39 is 0 Å². The van der Waals surface area contributed by atoms with E-state index in [1.165, 1.54) is 5.56 Å². The highest BCUT2D eigenvalue weighted by Crippen LogP contribution is 2.20. The number of aryl methyl sites for hydroxylation is 4. The molecule has 0 saturated carbocycles. The average molecular weight is 396 g/mol. The minimum absolute atomic E-state index is 0.219. The molecule has 2 aromatic heterocycles. The Balaban J connectivity index is 1.49. The summed E-state index contributed by atoms with van der Waals surface area (Å²) in [6.07, 6.45) is 0. The fourth-order valence-corrected chi connectivity index (χ4v) is 3.26. The first kappa shape index (κ1) is 20.7. The molecule has 0 aliphatic rings. The molecule has 29 heavy (non-hydrogen) atoms. The van der Waals surface area contributed by atoms with Gasteiger partial charge in [0.05, 0.1) is 5.69 Å². The zero-order valence-electron chi connectivity index (χ0n) is 17.8. The smallest absolute Gasteiger partial charge is 0.287 e. The molecule has 0 radical (unpaired) electrons. The molecule has 1 aromatic carbocycles. The molecule has 1 atom stereocenters. The van der Waals surface area contributed by atoms with Crippen molar-refractivity contribution in [1.82, 2.24) is 15.1 Å². The number of benzene rings is 1. The van der Waals surface area contributed by atoms with Gasteiger partial charge in [0.25, 0.3) is 5.91 Å². The van der Waals surface area contributed by atoms with Gasteiger partial charge in [-0.1, -0.05) is 24.6 Å². The molecule has 1 N–H and O–H groups in total. The Kier molecular flexibility index (Phi) is 6.42. The van der Waals surface area contributed by atoms with Crippen LogP contribution in [-0.4, -0.2) is 22.2 Å². The van der Waals surface area contributed by atoms with E-state index in [4.69, 9.17) is 9.15 Å². The minimum atomic E-state index is -0.219. The summed E-state index contributed by atoms with van der Waals surface area (Å²) in [6.45, 7) is 11.7. The van der Waals surface area contributed by atoms with Gasteiger partial charge in [0.1, 0.15) is 18.1 Å². The molecule has 0 spiro atoms. The van der Waals surface area contributed by atoms with Gasteiger partial charge in [-0.3, -0.25) is 9.48 Å². The van der Waals surface area contributed by atoms with E-state index in [-0.39, 0.29) is 18.4 Å². The minimum Gasteiger partial charge on any atom is -0.485 e. The molecule has 6 heteroatoms. The molecule has 3 aromatic rings. The van der Waals surface area contributed by atoms with E-state index in [0.717, 1.165) is 29.2 Å². The van der Waals surface area contributed by atoms with Crippen molar-refractivity contribution in [2.45, 2.75) is 47.8 Å². The van der Waals surface area contributed by atoms with Crippen LogP contribution in [0.2, 0.25) is 0 Å². The number of amides is 1. The monoisotopic (exact) mass is 395 g/mol. The van der Waals surface area contributed by atoms with E-state index in [0.29, 0.717) is 18.1 Å². The third kappa shape index (κ3) is 5.50. The Morgan fingerprint density at radius 2 is 1.97 bits per heavy atom. The first-order valence-corrected chi connectivity index (χ1v) is 9.90. The SMILES string of the molecule is Cc1ccc(OCc2ccc(C(=O)NCC(C)Cn3nc(C)cc3C)o2)c(C)c1. The molecule has 154 valence electrons. The van der Waals surface area contributed by atoms with Crippen molar-refractivity contribution in [1.29, 1.82) is 0 Å². The van der Waals surface area contributed by atoms with Gasteiger partial charge in [-0.25, -0.2) is 0 Å². The lowest BCUT2D eigenvalue weighted by atomic mass is 10.1. The maximum Gasteiger partial charge on any atom is 0.287 e. The second-order valence-corrected chi connectivity index (χ2v) is 7.75. The number of rotatable bonds is 8. The van der Waals surface area contributed by atoms with E-state index in [2.05, 4.69) is 29.5 Å². The summed E-state index contributed by atoms with van der Waals surface area (Å²) in [5, 5.41) is 7.40. The number of carbonyl (C=O) groups excluding carboxylic acids is 1. The number of aromatic nitrogens is 2. The van der Waals surface area contributed by atoms with Gasteiger partial charge in [0.2, 0.25) is 0 Å². The molecular weight excluding hydrogens is 366 g/mol. The molecule has 0 bridgehead atoms. The van der Waals surface area contributed by atoms with Crippen LogP contribution in [0.1, 0.15) is 45.8 Å². The van der Waals surface area contributed by atoms with Crippen LogP contribution >= 0.6 is 0 Å². The molecule has 3 rings (SSSR count). The Hall–Kier alpha value is -3.02. The summed E-state index contributed by atoms with van der Waals surface area (Å²) < 4.78 is 13.4. The average Bonchev–Trinajstić information content (AvgIpc) is 3.25. The highest BCUT2D eigenvalue weighted by molar-refractivity contribution is 5.91. The third-order valence-electron chi connectivity index (χ3n) is 4.78. The maximum atomic E-state index is 12.4. The zero-order chi connectivity index (χ0) is 21.0. The summed E-state index contributed by atoms with van der Waals surface area (Å²) in [5.74, 6) is 1.76. The lowest BCUT2D eigenvalue weighted by Crippen LogP contribution is -2.30. The second-order valence-electron chi connectivity index (χ2n) is 7.75. The predicted molar refractivity (Wildman–Crippen MR) is 112 cm³/mol. The molecule has 2 heterocycles. The van der Waals surface area contributed by atoms with Gasteiger partial charge < -0.3 is 14.5 Å². The van der Waals surface area contributed by atoms with Crippen molar-refractivity contribution < 1.29 is 13.9 Å². The van der Waals surface area contributed by atoms with Crippen molar-refractivity contribution in [3.63, 3.8) is 0 Å².